The molecule has 0 fully saturated rings. The molecule has 0 radical (unpaired) electrons. The third-order valence-electron chi connectivity index (χ3n) is 5.74. The van der Waals surface area contributed by atoms with Crippen molar-refractivity contribution >= 4 is 19.8 Å². The third-order valence-corrected chi connectivity index (χ3v) is 6.73. The van der Waals surface area contributed by atoms with Crippen molar-refractivity contribution in [1.29, 1.82) is 0 Å². The lowest BCUT2D eigenvalue weighted by Crippen LogP contribution is -2.29. The van der Waals surface area contributed by atoms with Crippen LogP contribution in [0, 0.1) is 0 Å². The highest BCUT2D eigenvalue weighted by Gasteiger charge is 2.25. The summed E-state index contributed by atoms with van der Waals surface area (Å²) in [6.07, 6.45) is 16.0. The molecule has 0 aliphatic heterocycles. The van der Waals surface area contributed by atoms with Gasteiger partial charge in [0.2, 0.25) is 0 Å². The quantitative estimate of drug-likeness (QED) is 0.0750. The standard InChI is InChI=1S/C26H52NO8P/c1-3-5-7-9-11-12-13-15-16-18-25(28)32-22-24(23-34-36(30,31)33-21-20-27)35-26(29)19-17-14-10-8-6-4-2/h24H,3-23,27H2,1-2H3,(H,30,31)/t24-/m1/s1. The number of hydrogen-bond acceptors (Lipinski definition) is 8. The van der Waals surface area contributed by atoms with Crippen LogP contribution in [-0.4, -0.2) is 49.3 Å². The number of nitrogens with two attached hydrogens (primary N) is 1. The molecule has 3 N–H and O–H groups in total. The van der Waals surface area contributed by atoms with E-state index in [-0.39, 0.29) is 38.6 Å². The van der Waals surface area contributed by atoms with E-state index in [0.29, 0.717) is 6.42 Å². The molecule has 0 saturated heterocycles. The van der Waals surface area contributed by atoms with Crippen molar-refractivity contribution in [1.82, 2.24) is 0 Å². The summed E-state index contributed by atoms with van der Waals surface area (Å²) in [5.41, 5.74) is 5.27. The molecule has 214 valence electrons. The summed E-state index contributed by atoms with van der Waals surface area (Å²) in [5.74, 6) is -0.841. The van der Waals surface area contributed by atoms with Crippen LogP contribution >= 0.6 is 7.82 Å². The van der Waals surface area contributed by atoms with E-state index in [1.165, 1.54) is 44.9 Å². The van der Waals surface area contributed by atoms with Crippen LogP contribution in [0.5, 0.6) is 0 Å². The summed E-state index contributed by atoms with van der Waals surface area (Å²) in [6.45, 7) is 3.60. The normalized spacial score (nSPS) is 13.8. The van der Waals surface area contributed by atoms with Crippen LogP contribution in [0.4, 0.5) is 0 Å². The molecular weight excluding hydrogens is 485 g/mol. The van der Waals surface area contributed by atoms with Gasteiger partial charge in [-0.15, -0.1) is 0 Å². The minimum Gasteiger partial charge on any atom is -0.462 e. The van der Waals surface area contributed by atoms with Crippen LogP contribution in [0.25, 0.3) is 0 Å². The Morgan fingerprint density at radius 2 is 1.19 bits per heavy atom. The van der Waals surface area contributed by atoms with E-state index in [4.69, 9.17) is 24.3 Å². The molecule has 0 rings (SSSR count). The molecule has 0 heterocycles. The molecule has 10 heteroatoms. The van der Waals surface area contributed by atoms with Crippen LogP contribution in [-0.2, 0) is 32.7 Å². The highest BCUT2D eigenvalue weighted by Crippen LogP contribution is 2.43. The maximum Gasteiger partial charge on any atom is 0.472 e. The fraction of sp³-hybridized carbons (Fsp3) is 0.923. The predicted octanol–water partition coefficient (Wildman–Crippen LogP) is 6.21. The first-order chi connectivity index (χ1) is 17.3. The van der Waals surface area contributed by atoms with Gasteiger partial charge in [0.05, 0.1) is 13.2 Å². The molecule has 0 aliphatic rings. The number of unbranched alkanes of at least 4 members (excludes halogenated alkanes) is 13. The average molecular weight is 538 g/mol. The number of carbonyl (C=O) groups is 2. The first-order valence-corrected chi connectivity index (χ1v) is 15.5. The van der Waals surface area contributed by atoms with Gasteiger partial charge in [0, 0.05) is 19.4 Å². The van der Waals surface area contributed by atoms with Crippen molar-refractivity contribution < 1.29 is 37.6 Å². The number of phosphoric ester groups is 1. The van der Waals surface area contributed by atoms with E-state index in [1.807, 2.05) is 0 Å². The highest BCUT2D eigenvalue weighted by atomic mass is 31.2. The van der Waals surface area contributed by atoms with Crippen molar-refractivity contribution in [3.05, 3.63) is 0 Å². The molecule has 2 atom stereocenters. The summed E-state index contributed by atoms with van der Waals surface area (Å²) in [4.78, 5) is 34.1. The van der Waals surface area contributed by atoms with Crippen LogP contribution in [0.2, 0.25) is 0 Å². The average Bonchev–Trinajstić information content (AvgIpc) is 2.85. The van der Waals surface area contributed by atoms with Gasteiger partial charge in [-0.1, -0.05) is 97.3 Å². The van der Waals surface area contributed by atoms with Gasteiger partial charge < -0.3 is 20.1 Å². The van der Waals surface area contributed by atoms with Gasteiger partial charge in [-0.2, -0.15) is 0 Å². The molecule has 0 amide bonds. The molecule has 0 aromatic rings. The Morgan fingerprint density at radius 1 is 0.722 bits per heavy atom. The van der Waals surface area contributed by atoms with Gasteiger partial charge in [0.1, 0.15) is 6.61 Å². The Bertz CT molecular complexity index is 590. The second-order valence-corrected chi connectivity index (χ2v) is 10.7. The van der Waals surface area contributed by atoms with Gasteiger partial charge in [0.15, 0.2) is 6.10 Å². The first-order valence-electron chi connectivity index (χ1n) is 14.0. The SMILES string of the molecule is CCCCCCCCCCCC(=O)OC[C@H](COP(=O)(O)OCCN)OC(=O)CCCCCCCC. The van der Waals surface area contributed by atoms with E-state index in [1.54, 1.807) is 0 Å². The third kappa shape index (κ3) is 23.4. The van der Waals surface area contributed by atoms with Gasteiger partial charge in [-0.05, 0) is 12.8 Å². The number of phosphoric acid groups is 1. The van der Waals surface area contributed by atoms with E-state index in [2.05, 4.69) is 13.8 Å². The van der Waals surface area contributed by atoms with Crippen LogP contribution in [0.3, 0.4) is 0 Å². The van der Waals surface area contributed by atoms with E-state index in [0.717, 1.165) is 44.9 Å². The van der Waals surface area contributed by atoms with Crippen LogP contribution < -0.4 is 5.73 Å². The van der Waals surface area contributed by atoms with Gasteiger partial charge in [0.25, 0.3) is 0 Å². The van der Waals surface area contributed by atoms with E-state index >= 15 is 0 Å². The topological polar surface area (TPSA) is 134 Å². The van der Waals surface area contributed by atoms with Crippen LogP contribution in [0.15, 0.2) is 0 Å². The molecule has 0 saturated carbocycles. The van der Waals surface area contributed by atoms with Crippen molar-refractivity contribution in [2.45, 2.75) is 129 Å². The zero-order chi connectivity index (χ0) is 26.9. The molecule has 9 nitrogen and oxygen atoms in total. The number of ether oxygens (including phenoxy) is 2. The Labute approximate surface area is 218 Å². The smallest absolute Gasteiger partial charge is 0.462 e. The van der Waals surface area contributed by atoms with Crippen LogP contribution in [0.1, 0.15) is 123 Å². The number of rotatable bonds is 26. The Kier molecular flexibility index (Phi) is 23.7. The lowest BCUT2D eigenvalue weighted by molar-refractivity contribution is -0.161. The summed E-state index contributed by atoms with van der Waals surface area (Å²) < 4.78 is 32.2. The van der Waals surface area contributed by atoms with Crippen molar-refractivity contribution in [3.63, 3.8) is 0 Å². The molecule has 0 spiro atoms. The second-order valence-electron chi connectivity index (χ2n) is 9.28. The second kappa shape index (κ2) is 24.4. The molecule has 0 aromatic carbocycles. The van der Waals surface area contributed by atoms with E-state index < -0.39 is 26.5 Å². The minimum atomic E-state index is -4.34. The molecular formula is C26H52NO8P. The fourth-order valence-corrected chi connectivity index (χ4v) is 4.40. The maximum atomic E-state index is 12.2. The Hall–Kier alpha value is -0.990. The van der Waals surface area contributed by atoms with Crippen molar-refractivity contribution in [3.8, 4) is 0 Å². The maximum absolute atomic E-state index is 12.2. The highest BCUT2D eigenvalue weighted by molar-refractivity contribution is 7.47. The molecule has 0 aliphatic carbocycles. The summed E-state index contributed by atoms with van der Waals surface area (Å²) in [5, 5.41) is 0. The zero-order valence-electron chi connectivity index (χ0n) is 22.8. The van der Waals surface area contributed by atoms with E-state index in [9.17, 15) is 19.0 Å². The van der Waals surface area contributed by atoms with Crippen molar-refractivity contribution in [2.75, 3.05) is 26.4 Å². The van der Waals surface area contributed by atoms with Gasteiger partial charge in [-0.25, -0.2) is 4.57 Å². The lowest BCUT2D eigenvalue weighted by atomic mass is 10.1. The predicted molar refractivity (Wildman–Crippen MR) is 141 cm³/mol. The van der Waals surface area contributed by atoms with Gasteiger partial charge in [-0.3, -0.25) is 18.6 Å². The Morgan fingerprint density at radius 3 is 1.69 bits per heavy atom. The number of carbonyl (C=O) groups excluding carboxylic acids is 2. The molecule has 36 heavy (non-hydrogen) atoms. The number of hydrogen-bond donors (Lipinski definition) is 2. The summed E-state index contributed by atoms with van der Waals surface area (Å²) >= 11 is 0. The van der Waals surface area contributed by atoms with Crippen molar-refractivity contribution in [2.24, 2.45) is 5.73 Å². The molecule has 0 bridgehead atoms. The molecule has 1 unspecified atom stereocenters. The monoisotopic (exact) mass is 537 g/mol. The fourth-order valence-electron chi connectivity index (χ4n) is 3.63. The van der Waals surface area contributed by atoms with Gasteiger partial charge >= 0.3 is 19.8 Å². The zero-order valence-corrected chi connectivity index (χ0v) is 23.7. The summed E-state index contributed by atoms with van der Waals surface area (Å²) in [7, 11) is -4.34. The lowest BCUT2D eigenvalue weighted by Gasteiger charge is -2.19. The first kappa shape index (κ1) is 35.0. The number of esters is 2. The molecule has 0 aromatic heterocycles. The summed E-state index contributed by atoms with van der Waals surface area (Å²) in [6, 6.07) is 0. The minimum absolute atomic E-state index is 0.0566. The largest absolute Gasteiger partial charge is 0.472 e. The Balaban J connectivity index is 4.36.